The number of aryl methyl sites for hydroxylation is 1. The summed E-state index contributed by atoms with van der Waals surface area (Å²) in [5.74, 6) is 0.464. The molecule has 0 unspecified atom stereocenters. The van der Waals surface area contributed by atoms with Crippen molar-refractivity contribution in [2.24, 2.45) is 0 Å². The first-order chi connectivity index (χ1) is 13.6. The third-order valence-corrected chi connectivity index (χ3v) is 5.76. The van der Waals surface area contributed by atoms with Crippen molar-refractivity contribution in [1.29, 1.82) is 0 Å². The highest BCUT2D eigenvalue weighted by atomic mass is 16.3. The highest BCUT2D eigenvalue weighted by molar-refractivity contribution is 5.86. The lowest BCUT2D eigenvalue weighted by Crippen LogP contribution is -2.28. The van der Waals surface area contributed by atoms with Gasteiger partial charge in [0.1, 0.15) is 11.5 Å². The minimum absolute atomic E-state index is 0.232. The Hall–Kier alpha value is -3.52. The molecule has 0 amide bonds. The lowest BCUT2D eigenvalue weighted by atomic mass is 9.67. The van der Waals surface area contributed by atoms with E-state index in [1.807, 2.05) is 24.3 Å². The molecule has 0 saturated carbocycles. The zero-order valence-electron chi connectivity index (χ0n) is 15.6. The number of phenolic OH excluding ortho intramolecular Hbond substituents is 2. The smallest absolute Gasteiger partial charge is 0.115 e. The van der Waals surface area contributed by atoms with E-state index in [-0.39, 0.29) is 11.5 Å². The van der Waals surface area contributed by atoms with Gasteiger partial charge in [0.25, 0.3) is 0 Å². The molecule has 0 bridgehead atoms. The van der Waals surface area contributed by atoms with Gasteiger partial charge in [-0.05, 0) is 64.6 Å². The molecule has 1 aliphatic carbocycles. The van der Waals surface area contributed by atoms with E-state index >= 15 is 0 Å². The number of rotatable bonds is 2. The molecule has 4 aromatic carbocycles. The molecule has 0 fully saturated rings. The molecule has 0 atom stereocenters. The summed E-state index contributed by atoms with van der Waals surface area (Å²) in [6.07, 6.45) is 0. The van der Waals surface area contributed by atoms with E-state index in [0.29, 0.717) is 0 Å². The molecule has 5 rings (SSSR count). The molecule has 0 spiro atoms. The molecule has 1 aliphatic rings. The molecule has 2 heteroatoms. The third kappa shape index (κ3) is 2.21. The van der Waals surface area contributed by atoms with Crippen LogP contribution in [0.5, 0.6) is 11.5 Å². The van der Waals surface area contributed by atoms with Crippen LogP contribution >= 0.6 is 0 Å². The van der Waals surface area contributed by atoms with Crippen molar-refractivity contribution in [2.45, 2.75) is 12.3 Å². The molecule has 4 aromatic rings. The lowest BCUT2D eigenvalue weighted by molar-refractivity contribution is 0.472. The molecule has 0 aliphatic heterocycles. The Labute approximate surface area is 164 Å². The first-order valence-electron chi connectivity index (χ1n) is 9.41. The molecule has 2 N–H and O–H groups in total. The second-order valence-electron chi connectivity index (χ2n) is 7.45. The first kappa shape index (κ1) is 16.6. The summed E-state index contributed by atoms with van der Waals surface area (Å²) in [6.45, 7) is 2.10. The third-order valence-electron chi connectivity index (χ3n) is 5.76. The monoisotopic (exact) mass is 364 g/mol. The van der Waals surface area contributed by atoms with Crippen LogP contribution in [0.4, 0.5) is 0 Å². The van der Waals surface area contributed by atoms with Gasteiger partial charge in [0.15, 0.2) is 0 Å². The van der Waals surface area contributed by atoms with Gasteiger partial charge in [-0.25, -0.2) is 0 Å². The first-order valence-corrected chi connectivity index (χ1v) is 9.41. The van der Waals surface area contributed by atoms with Gasteiger partial charge in [-0.2, -0.15) is 0 Å². The summed E-state index contributed by atoms with van der Waals surface area (Å²) in [4.78, 5) is 0. The summed E-state index contributed by atoms with van der Waals surface area (Å²) < 4.78 is 0. The molecule has 0 radical (unpaired) electrons. The molecule has 28 heavy (non-hydrogen) atoms. The van der Waals surface area contributed by atoms with Crippen LogP contribution in [0.3, 0.4) is 0 Å². The molecule has 2 nitrogen and oxygen atoms in total. The van der Waals surface area contributed by atoms with Gasteiger partial charge in [0, 0.05) is 0 Å². The van der Waals surface area contributed by atoms with Gasteiger partial charge in [-0.1, -0.05) is 72.3 Å². The lowest BCUT2D eigenvalue weighted by Gasteiger charge is -2.34. The maximum Gasteiger partial charge on any atom is 0.115 e. The predicted octanol–water partition coefficient (Wildman–Crippen LogP) is 5.77. The fourth-order valence-electron chi connectivity index (χ4n) is 4.66. The van der Waals surface area contributed by atoms with Crippen molar-refractivity contribution in [3.8, 4) is 22.6 Å². The van der Waals surface area contributed by atoms with E-state index < -0.39 is 5.41 Å². The molecule has 136 valence electrons. The Bertz CT molecular complexity index is 1160. The summed E-state index contributed by atoms with van der Waals surface area (Å²) in [7, 11) is 0. The van der Waals surface area contributed by atoms with Gasteiger partial charge in [-0.3, -0.25) is 0 Å². The molecule has 0 heterocycles. The van der Waals surface area contributed by atoms with Crippen LogP contribution in [-0.4, -0.2) is 10.2 Å². The normalized spacial score (nSPS) is 13.8. The molecular formula is C26H20O2. The molecule has 0 saturated heterocycles. The van der Waals surface area contributed by atoms with E-state index in [1.54, 1.807) is 12.1 Å². The van der Waals surface area contributed by atoms with Crippen molar-refractivity contribution in [3.05, 3.63) is 119 Å². The Morgan fingerprint density at radius 1 is 0.571 bits per heavy atom. The van der Waals surface area contributed by atoms with Crippen LogP contribution < -0.4 is 0 Å². The average molecular weight is 364 g/mol. The Morgan fingerprint density at radius 3 is 1.82 bits per heavy atom. The summed E-state index contributed by atoms with van der Waals surface area (Å²) in [5, 5.41) is 20.6. The minimum atomic E-state index is -0.602. The van der Waals surface area contributed by atoms with Gasteiger partial charge >= 0.3 is 0 Å². The van der Waals surface area contributed by atoms with Crippen molar-refractivity contribution in [2.75, 3.05) is 0 Å². The fourth-order valence-corrected chi connectivity index (χ4v) is 4.66. The maximum atomic E-state index is 10.3. The van der Waals surface area contributed by atoms with E-state index in [1.165, 1.54) is 22.3 Å². The van der Waals surface area contributed by atoms with Crippen LogP contribution in [0.15, 0.2) is 91.0 Å². The van der Waals surface area contributed by atoms with Gasteiger partial charge < -0.3 is 10.2 Å². The average Bonchev–Trinajstić information content (AvgIpc) is 2.98. The predicted molar refractivity (Wildman–Crippen MR) is 112 cm³/mol. The highest BCUT2D eigenvalue weighted by Gasteiger charge is 2.46. The SMILES string of the molecule is Cc1ccc2c(c1)C(c1cccc(O)c1)(c1cccc(O)c1)c1ccccc1-2. The second-order valence-corrected chi connectivity index (χ2v) is 7.45. The zero-order chi connectivity index (χ0) is 19.3. The fraction of sp³-hybridized carbons (Fsp3) is 0.0769. The Balaban J connectivity index is 1.99. The minimum Gasteiger partial charge on any atom is -0.508 e. The summed E-state index contributed by atoms with van der Waals surface area (Å²) in [6, 6.07) is 29.9. The number of hydrogen-bond donors (Lipinski definition) is 2. The largest absolute Gasteiger partial charge is 0.508 e. The molecule has 0 aromatic heterocycles. The van der Waals surface area contributed by atoms with Crippen LogP contribution in [-0.2, 0) is 5.41 Å². The van der Waals surface area contributed by atoms with E-state index in [9.17, 15) is 10.2 Å². The van der Waals surface area contributed by atoms with E-state index in [2.05, 4.69) is 61.5 Å². The van der Waals surface area contributed by atoms with Crippen molar-refractivity contribution < 1.29 is 10.2 Å². The number of hydrogen-bond acceptors (Lipinski definition) is 2. The summed E-state index contributed by atoms with van der Waals surface area (Å²) >= 11 is 0. The topological polar surface area (TPSA) is 40.5 Å². The number of fused-ring (bicyclic) bond motifs is 3. The maximum absolute atomic E-state index is 10.3. The van der Waals surface area contributed by atoms with E-state index in [4.69, 9.17) is 0 Å². The number of phenols is 2. The Morgan fingerprint density at radius 2 is 1.18 bits per heavy atom. The summed E-state index contributed by atoms with van der Waals surface area (Å²) in [5.41, 5.74) is 7.24. The van der Waals surface area contributed by atoms with Crippen LogP contribution in [0.1, 0.15) is 27.8 Å². The van der Waals surface area contributed by atoms with Crippen LogP contribution in [0, 0.1) is 6.92 Å². The van der Waals surface area contributed by atoms with Crippen LogP contribution in [0.25, 0.3) is 11.1 Å². The van der Waals surface area contributed by atoms with Gasteiger partial charge in [0.2, 0.25) is 0 Å². The Kier molecular flexibility index (Phi) is 3.56. The highest BCUT2D eigenvalue weighted by Crippen LogP contribution is 2.56. The van der Waals surface area contributed by atoms with Crippen molar-refractivity contribution in [3.63, 3.8) is 0 Å². The standard InChI is InChI=1S/C26H20O2/c1-17-12-13-23-22-10-2-3-11-24(22)26(25(23)14-17,18-6-4-8-20(27)15-18)19-7-5-9-21(28)16-19/h2-16,27-28H,1H3. The van der Waals surface area contributed by atoms with Gasteiger partial charge in [-0.15, -0.1) is 0 Å². The molecular weight excluding hydrogens is 344 g/mol. The number of aromatic hydroxyl groups is 2. The quantitative estimate of drug-likeness (QED) is 0.417. The number of benzene rings is 4. The van der Waals surface area contributed by atoms with Crippen molar-refractivity contribution in [1.82, 2.24) is 0 Å². The van der Waals surface area contributed by atoms with Crippen molar-refractivity contribution >= 4 is 0 Å². The van der Waals surface area contributed by atoms with E-state index in [0.717, 1.165) is 16.7 Å². The second kappa shape index (κ2) is 6.00. The zero-order valence-corrected chi connectivity index (χ0v) is 15.6. The van der Waals surface area contributed by atoms with Crippen LogP contribution in [0.2, 0.25) is 0 Å². The van der Waals surface area contributed by atoms with Gasteiger partial charge in [0.05, 0.1) is 5.41 Å².